The summed E-state index contributed by atoms with van der Waals surface area (Å²) in [5.41, 5.74) is 8.34. The molecule has 0 aliphatic carbocycles. The van der Waals surface area contributed by atoms with Crippen molar-refractivity contribution in [3.63, 3.8) is 0 Å². The lowest BCUT2D eigenvalue weighted by Gasteiger charge is -2.33. The van der Waals surface area contributed by atoms with E-state index in [1.165, 1.54) is 0 Å². The van der Waals surface area contributed by atoms with Crippen molar-refractivity contribution in [1.29, 1.82) is 5.26 Å². The van der Waals surface area contributed by atoms with Crippen molar-refractivity contribution in [3.05, 3.63) is 23.5 Å². The number of H-pyrrole nitrogens is 1. The Morgan fingerprint density at radius 2 is 2.37 bits per heavy atom. The molecule has 1 aliphatic heterocycles. The normalized spacial score (nSPS) is 24.5. The van der Waals surface area contributed by atoms with Crippen LogP contribution < -0.4 is 5.73 Å². The first kappa shape index (κ1) is 12.1. The number of nitrogens with two attached hydrogens (primary N) is 1. The fraction of sp³-hybridized carbons (Fsp3) is 0.462. The second kappa shape index (κ2) is 4.61. The highest BCUT2D eigenvalue weighted by molar-refractivity contribution is 5.79. The van der Waals surface area contributed by atoms with E-state index in [1.807, 2.05) is 6.07 Å². The summed E-state index contributed by atoms with van der Waals surface area (Å²) in [6, 6.07) is 4.14. The molecule has 1 saturated heterocycles. The summed E-state index contributed by atoms with van der Waals surface area (Å²) in [6.07, 6.45) is 2.48. The van der Waals surface area contributed by atoms with Crippen LogP contribution in [0.15, 0.2) is 12.3 Å². The molecule has 0 radical (unpaired) electrons. The van der Waals surface area contributed by atoms with Gasteiger partial charge in [-0.25, -0.2) is 4.98 Å². The number of fused-ring (bicyclic) bond motifs is 1. The Kier molecular flexibility index (Phi) is 2.93. The molecule has 1 aliphatic rings. The number of rotatable bonds is 1. The second-order valence-electron chi connectivity index (χ2n) is 5.26. The van der Waals surface area contributed by atoms with Gasteiger partial charge in [0, 0.05) is 42.3 Å². The minimum Gasteiger partial charge on any atom is -0.327 e. The van der Waals surface area contributed by atoms with Crippen LogP contribution >= 0.6 is 0 Å². The van der Waals surface area contributed by atoms with Gasteiger partial charge in [-0.3, -0.25) is 5.10 Å². The number of nitrogens with zero attached hydrogens (tertiary/aromatic N) is 4. The van der Waals surface area contributed by atoms with E-state index < -0.39 is 0 Å². The van der Waals surface area contributed by atoms with E-state index in [4.69, 9.17) is 11.0 Å². The highest BCUT2D eigenvalue weighted by Gasteiger charge is 2.27. The minimum absolute atomic E-state index is 0.175. The number of nitrogens with one attached hydrogen (secondary N) is 1. The lowest BCUT2D eigenvalue weighted by molar-refractivity contribution is 0.225. The quantitative estimate of drug-likeness (QED) is 0.778. The van der Waals surface area contributed by atoms with Crippen molar-refractivity contribution in [3.8, 4) is 6.07 Å². The Labute approximate surface area is 111 Å². The monoisotopic (exact) mass is 256 g/mol. The summed E-state index contributed by atoms with van der Waals surface area (Å²) < 4.78 is 0. The van der Waals surface area contributed by atoms with Gasteiger partial charge in [0.25, 0.3) is 0 Å². The third-order valence-electron chi connectivity index (χ3n) is 3.64. The summed E-state index contributed by atoms with van der Waals surface area (Å²) in [4.78, 5) is 6.43. The van der Waals surface area contributed by atoms with Crippen LogP contribution in [0.2, 0.25) is 0 Å². The Hall–Kier alpha value is -1.97. The first-order valence-corrected chi connectivity index (χ1v) is 6.35. The van der Waals surface area contributed by atoms with Gasteiger partial charge in [0.2, 0.25) is 0 Å². The lowest BCUT2D eigenvalue weighted by atomic mass is 9.91. The number of likely N-dealkylation sites (N-methyl/N-ethyl adjacent to an activating group) is 1. The maximum absolute atomic E-state index is 8.97. The van der Waals surface area contributed by atoms with Crippen LogP contribution in [0.25, 0.3) is 11.0 Å². The smallest absolute Gasteiger partial charge is 0.181 e. The van der Waals surface area contributed by atoms with E-state index >= 15 is 0 Å². The van der Waals surface area contributed by atoms with Crippen LogP contribution in [0, 0.1) is 11.3 Å². The van der Waals surface area contributed by atoms with Gasteiger partial charge in [-0.1, -0.05) is 0 Å². The summed E-state index contributed by atoms with van der Waals surface area (Å²) in [5.74, 6) is 0.314. The molecule has 2 aromatic heterocycles. The third-order valence-corrected chi connectivity index (χ3v) is 3.64. The number of hydrogen-bond acceptors (Lipinski definition) is 5. The van der Waals surface area contributed by atoms with Crippen molar-refractivity contribution >= 4 is 11.0 Å². The average molecular weight is 256 g/mol. The standard InChI is InChI=1S/C13H16N6/c1-19-6-9(3-10(15)7-19)12-11-2-8(4-14)5-16-13(11)18-17-12/h2,5,9-10H,3,6-7,15H2,1H3,(H,16,17,18). The molecule has 3 rings (SSSR count). The molecule has 2 aromatic rings. The Morgan fingerprint density at radius 3 is 3.11 bits per heavy atom. The van der Waals surface area contributed by atoms with E-state index in [0.29, 0.717) is 17.1 Å². The van der Waals surface area contributed by atoms with Gasteiger partial charge in [0.15, 0.2) is 5.65 Å². The van der Waals surface area contributed by atoms with Gasteiger partial charge in [0.05, 0.1) is 5.56 Å². The van der Waals surface area contributed by atoms with Crippen molar-refractivity contribution < 1.29 is 0 Å². The molecule has 0 spiro atoms. The van der Waals surface area contributed by atoms with E-state index in [0.717, 1.165) is 30.6 Å². The molecule has 3 N–H and O–H groups in total. The van der Waals surface area contributed by atoms with Gasteiger partial charge >= 0.3 is 0 Å². The highest BCUT2D eigenvalue weighted by Crippen LogP contribution is 2.29. The Bertz CT molecular complexity index is 630. The summed E-state index contributed by atoms with van der Waals surface area (Å²) in [7, 11) is 2.07. The first-order chi connectivity index (χ1) is 9.17. The van der Waals surface area contributed by atoms with E-state index in [1.54, 1.807) is 6.20 Å². The fourth-order valence-electron chi connectivity index (χ4n) is 2.87. The molecule has 3 heterocycles. The molecule has 0 aromatic carbocycles. The molecule has 0 bridgehead atoms. The predicted octanol–water partition coefficient (Wildman–Crippen LogP) is 0.576. The van der Waals surface area contributed by atoms with Crippen LogP contribution in [0.5, 0.6) is 0 Å². The molecule has 0 saturated carbocycles. The number of aromatic amines is 1. The maximum atomic E-state index is 8.97. The van der Waals surface area contributed by atoms with Crippen molar-refractivity contribution in [2.75, 3.05) is 20.1 Å². The van der Waals surface area contributed by atoms with Gasteiger partial charge in [-0.15, -0.1) is 0 Å². The van der Waals surface area contributed by atoms with Crippen molar-refractivity contribution in [2.45, 2.75) is 18.4 Å². The molecule has 2 unspecified atom stereocenters. The lowest BCUT2D eigenvalue weighted by Crippen LogP contribution is -2.44. The van der Waals surface area contributed by atoms with Crippen molar-refractivity contribution in [2.24, 2.45) is 5.73 Å². The Balaban J connectivity index is 2.02. The van der Waals surface area contributed by atoms with Crippen LogP contribution in [0.4, 0.5) is 0 Å². The van der Waals surface area contributed by atoms with Crippen molar-refractivity contribution in [1.82, 2.24) is 20.1 Å². The zero-order valence-corrected chi connectivity index (χ0v) is 10.8. The minimum atomic E-state index is 0.175. The molecule has 19 heavy (non-hydrogen) atoms. The molecule has 6 nitrogen and oxygen atoms in total. The molecule has 0 amide bonds. The highest BCUT2D eigenvalue weighted by atomic mass is 15.2. The van der Waals surface area contributed by atoms with Crippen LogP contribution in [-0.4, -0.2) is 46.3 Å². The van der Waals surface area contributed by atoms with Gasteiger partial charge < -0.3 is 10.6 Å². The molecule has 98 valence electrons. The third kappa shape index (κ3) is 2.18. The van der Waals surface area contributed by atoms with Gasteiger partial charge in [-0.2, -0.15) is 10.4 Å². The summed E-state index contributed by atoms with van der Waals surface area (Å²) in [6.45, 7) is 1.87. The predicted molar refractivity (Wildman–Crippen MR) is 71.4 cm³/mol. The second-order valence-corrected chi connectivity index (χ2v) is 5.26. The number of pyridine rings is 1. The molecule has 2 atom stereocenters. The molecule has 1 fully saturated rings. The van der Waals surface area contributed by atoms with E-state index in [-0.39, 0.29) is 6.04 Å². The number of hydrogen-bond donors (Lipinski definition) is 2. The van der Waals surface area contributed by atoms with Crippen LogP contribution in [0.1, 0.15) is 23.6 Å². The topological polar surface area (TPSA) is 94.6 Å². The fourth-order valence-corrected chi connectivity index (χ4v) is 2.87. The zero-order chi connectivity index (χ0) is 13.4. The van der Waals surface area contributed by atoms with Crippen LogP contribution in [0.3, 0.4) is 0 Å². The maximum Gasteiger partial charge on any atom is 0.181 e. The summed E-state index contributed by atoms with van der Waals surface area (Å²) >= 11 is 0. The number of likely N-dealkylation sites (tertiary alicyclic amines) is 1. The molecule has 6 heteroatoms. The van der Waals surface area contributed by atoms with E-state index in [2.05, 4.69) is 33.2 Å². The molecular weight excluding hydrogens is 240 g/mol. The summed E-state index contributed by atoms with van der Waals surface area (Å²) in [5, 5.41) is 17.2. The number of nitriles is 1. The Morgan fingerprint density at radius 1 is 1.53 bits per heavy atom. The largest absolute Gasteiger partial charge is 0.327 e. The zero-order valence-electron chi connectivity index (χ0n) is 10.8. The first-order valence-electron chi connectivity index (χ1n) is 6.35. The molecular formula is C13H16N6. The van der Waals surface area contributed by atoms with Gasteiger partial charge in [0.1, 0.15) is 6.07 Å². The SMILES string of the molecule is CN1CC(N)CC(c2[nH]nc3ncc(C#N)cc23)C1. The average Bonchev–Trinajstić information content (AvgIpc) is 2.80. The van der Waals surface area contributed by atoms with Gasteiger partial charge in [-0.05, 0) is 19.5 Å². The number of aromatic nitrogens is 3. The van der Waals surface area contributed by atoms with E-state index in [9.17, 15) is 0 Å². The number of piperidine rings is 1. The van der Waals surface area contributed by atoms with Crippen LogP contribution in [-0.2, 0) is 0 Å².